The fourth-order valence-electron chi connectivity index (χ4n) is 3.15. The van der Waals surface area contributed by atoms with Crippen LogP contribution in [-0.2, 0) is 11.3 Å². The van der Waals surface area contributed by atoms with Crippen molar-refractivity contribution >= 4 is 23.6 Å². The van der Waals surface area contributed by atoms with Gasteiger partial charge >= 0.3 is 12.0 Å². The zero-order valence-corrected chi connectivity index (χ0v) is 20.1. The quantitative estimate of drug-likeness (QED) is 0.386. The van der Waals surface area contributed by atoms with Crippen LogP contribution in [0.1, 0.15) is 33.3 Å². The predicted molar refractivity (Wildman–Crippen MR) is 133 cm³/mol. The Morgan fingerprint density at radius 2 is 1.80 bits per heavy atom. The van der Waals surface area contributed by atoms with Gasteiger partial charge in [0.05, 0.1) is 12.3 Å². The van der Waals surface area contributed by atoms with Crippen molar-refractivity contribution in [3.05, 3.63) is 77.6 Å². The second-order valence-corrected chi connectivity index (χ2v) is 7.98. The molecular formula is C25H30N6O4. The zero-order chi connectivity index (χ0) is 25.2. The van der Waals surface area contributed by atoms with Crippen LogP contribution in [0.4, 0.5) is 10.5 Å². The highest BCUT2D eigenvalue weighted by Gasteiger charge is 2.11. The normalized spacial score (nSPS) is 10.6. The first-order valence-corrected chi connectivity index (χ1v) is 11.3. The van der Waals surface area contributed by atoms with Crippen LogP contribution in [0.25, 0.3) is 5.69 Å². The number of aromatic nitrogens is 2. The number of hydrogen-bond acceptors (Lipinski definition) is 6. The molecule has 0 aliphatic carbocycles. The van der Waals surface area contributed by atoms with Crippen LogP contribution in [0.15, 0.2) is 60.8 Å². The number of hydrogen-bond donors (Lipinski definition) is 3. The molecule has 10 heteroatoms. The average molecular weight is 479 g/mol. The van der Waals surface area contributed by atoms with Crippen molar-refractivity contribution in [2.24, 2.45) is 0 Å². The van der Waals surface area contributed by atoms with Crippen LogP contribution in [-0.4, -0.2) is 66.4 Å². The van der Waals surface area contributed by atoms with Crippen LogP contribution in [0.3, 0.4) is 0 Å². The van der Waals surface area contributed by atoms with Crippen molar-refractivity contribution in [2.45, 2.75) is 13.5 Å². The molecule has 10 nitrogen and oxygen atoms in total. The van der Waals surface area contributed by atoms with Gasteiger partial charge in [0.25, 0.3) is 5.91 Å². The number of carbonyl (C=O) groups excluding carboxylic acids is 3. The molecule has 0 aliphatic rings. The number of carbonyl (C=O) groups is 3. The largest absolute Gasteiger partial charge is 0.461 e. The first kappa shape index (κ1) is 25.4. The highest BCUT2D eigenvalue weighted by molar-refractivity contribution is 5.94. The van der Waals surface area contributed by atoms with Crippen molar-refractivity contribution < 1.29 is 19.1 Å². The van der Waals surface area contributed by atoms with Crippen LogP contribution < -0.4 is 16.0 Å². The van der Waals surface area contributed by atoms with E-state index < -0.39 is 5.97 Å². The molecule has 3 N–H and O–H groups in total. The Hall–Kier alpha value is -4.18. The lowest BCUT2D eigenvalue weighted by Crippen LogP contribution is -2.31. The second-order valence-electron chi connectivity index (χ2n) is 7.98. The van der Waals surface area contributed by atoms with Gasteiger partial charge in [0.15, 0.2) is 5.69 Å². The SMILES string of the molecule is CCOC(=O)c1ccn(-c2ccc(NC(=O)NCc3cccc(C(=O)NCCN(C)C)c3)cc2)n1. The summed E-state index contributed by atoms with van der Waals surface area (Å²) >= 11 is 0. The van der Waals surface area contributed by atoms with Crippen LogP contribution in [0, 0.1) is 0 Å². The molecule has 0 spiro atoms. The molecule has 0 radical (unpaired) electrons. The molecule has 0 fully saturated rings. The lowest BCUT2D eigenvalue weighted by molar-refractivity contribution is 0.0518. The molecule has 3 aromatic rings. The molecule has 35 heavy (non-hydrogen) atoms. The fourth-order valence-corrected chi connectivity index (χ4v) is 3.15. The molecule has 3 rings (SSSR count). The molecular weight excluding hydrogens is 448 g/mol. The van der Waals surface area contributed by atoms with Crippen molar-refractivity contribution in [2.75, 3.05) is 39.1 Å². The van der Waals surface area contributed by atoms with E-state index in [4.69, 9.17) is 4.74 Å². The van der Waals surface area contributed by atoms with Crippen LogP contribution >= 0.6 is 0 Å². The van der Waals surface area contributed by atoms with E-state index in [1.807, 2.05) is 25.1 Å². The molecule has 0 saturated heterocycles. The number of rotatable bonds is 10. The van der Waals surface area contributed by atoms with Gasteiger partial charge in [-0.3, -0.25) is 4.79 Å². The maximum atomic E-state index is 12.3. The number of esters is 1. The Morgan fingerprint density at radius 3 is 2.51 bits per heavy atom. The maximum Gasteiger partial charge on any atom is 0.358 e. The Morgan fingerprint density at radius 1 is 1.03 bits per heavy atom. The molecule has 0 atom stereocenters. The minimum atomic E-state index is -0.475. The summed E-state index contributed by atoms with van der Waals surface area (Å²) in [6.45, 7) is 3.60. The molecule has 0 saturated carbocycles. The molecule has 1 aromatic heterocycles. The standard InChI is InChI=1S/C25H30N6O4/c1-4-35-24(33)22-12-14-31(29-22)21-10-8-20(9-11-21)28-25(34)27-17-18-6-5-7-19(16-18)23(32)26-13-15-30(2)3/h5-12,14,16H,4,13,15,17H2,1-3H3,(H,26,32)(H2,27,28,34). The summed E-state index contributed by atoms with van der Waals surface area (Å²) in [5.74, 6) is -0.624. The minimum Gasteiger partial charge on any atom is -0.461 e. The maximum absolute atomic E-state index is 12.3. The van der Waals surface area contributed by atoms with Crippen molar-refractivity contribution in [1.82, 2.24) is 25.3 Å². The molecule has 0 unspecified atom stereocenters. The molecule has 184 valence electrons. The summed E-state index contributed by atoms with van der Waals surface area (Å²) in [5, 5.41) is 12.6. The van der Waals surface area contributed by atoms with E-state index in [1.54, 1.807) is 66.3 Å². The summed E-state index contributed by atoms with van der Waals surface area (Å²) in [7, 11) is 3.89. The number of nitrogens with one attached hydrogen (secondary N) is 3. The topological polar surface area (TPSA) is 118 Å². The smallest absolute Gasteiger partial charge is 0.358 e. The van der Waals surface area contributed by atoms with Gasteiger partial charge in [0.1, 0.15) is 0 Å². The van der Waals surface area contributed by atoms with Crippen LogP contribution in [0.5, 0.6) is 0 Å². The number of benzene rings is 2. The average Bonchev–Trinajstić information content (AvgIpc) is 3.34. The van der Waals surface area contributed by atoms with Gasteiger partial charge in [-0.05, 0) is 69.0 Å². The number of amides is 3. The van der Waals surface area contributed by atoms with E-state index in [2.05, 4.69) is 21.0 Å². The fraction of sp³-hybridized carbons (Fsp3) is 0.280. The van der Waals surface area contributed by atoms with Gasteiger partial charge in [-0.1, -0.05) is 12.1 Å². The Bertz CT molecular complexity index is 1160. The highest BCUT2D eigenvalue weighted by Crippen LogP contribution is 2.14. The molecule has 0 bridgehead atoms. The van der Waals surface area contributed by atoms with Gasteiger partial charge in [0.2, 0.25) is 0 Å². The van der Waals surface area contributed by atoms with E-state index in [0.717, 1.165) is 17.8 Å². The van der Waals surface area contributed by atoms with E-state index >= 15 is 0 Å². The number of likely N-dealkylation sites (N-methyl/N-ethyl adjacent to an activating group) is 1. The molecule has 0 aliphatic heterocycles. The minimum absolute atomic E-state index is 0.148. The lowest BCUT2D eigenvalue weighted by atomic mass is 10.1. The van der Waals surface area contributed by atoms with Gasteiger partial charge in [0, 0.05) is 37.1 Å². The highest BCUT2D eigenvalue weighted by atomic mass is 16.5. The molecule has 2 aromatic carbocycles. The third-order valence-corrected chi connectivity index (χ3v) is 4.95. The van der Waals surface area contributed by atoms with E-state index in [-0.39, 0.29) is 30.8 Å². The summed E-state index contributed by atoms with van der Waals surface area (Å²) < 4.78 is 6.50. The summed E-state index contributed by atoms with van der Waals surface area (Å²) in [4.78, 5) is 38.4. The predicted octanol–water partition coefficient (Wildman–Crippen LogP) is 2.66. The van der Waals surface area contributed by atoms with E-state index in [9.17, 15) is 14.4 Å². The van der Waals surface area contributed by atoms with Gasteiger partial charge in [-0.25, -0.2) is 14.3 Å². The summed E-state index contributed by atoms with van der Waals surface area (Å²) in [6.07, 6.45) is 1.66. The Labute approximate surface area is 204 Å². The number of ether oxygens (including phenoxy) is 1. The monoisotopic (exact) mass is 478 g/mol. The van der Waals surface area contributed by atoms with Crippen molar-refractivity contribution in [3.8, 4) is 5.69 Å². The third-order valence-electron chi connectivity index (χ3n) is 4.95. The van der Waals surface area contributed by atoms with E-state index in [0.29, 0.717) is 17.8 Å². The summed E-state index contributed by atoms with van der Waals surface area (Å²) in [6, 6.07) is 15.4. The van der Waals surface area contributed by atoms with Crippen molar-refractivity contribution in [3.63, 3.8) is 0 Å². The Balaban J connectivity index is 1.50. The van der Waals surface area contributed by atoms with Gasteiger partial charge < -0.3 is 25.6 Å². The molecule has 3 amide bonds. The number of urea groups is 1. The number of nitrogens with zero attached hydrogens (tertiary/aromatic N) is 3. The zero-order valence-electron chi connectivity index (χ0n) is 20.1. The van der Waals surface area contributed by atoms with Crippen molar-refractivity contribution in [1.29, 1.82) is 0 Å². The second kappa shape index (κ2) is 12.3. The first-order valence-electron chi connectivity index (χ1n) is 11.3. The number of anilines is 1. The first-order chi connectivity index (χ1) is 16.9. The van der Waals surface area contributed by atoms with Gasteiger partial charge in [-0.2, -0.15) is 5.10 Å². The van der Waals surface area contributed by atoms with Gasteiger partial charge in [-0.15, -0.1) is 0 Å². The lowest BCUT2D eigenvalue weighted by Gasteiger charge is -2.11. The summed E-state index contributed by atoms with van der Waals surface area (Å²) in [5.41, 5.74) is 2.91. The van der Waals surface area contributed by atoms with Crippen LogP contribution in [0.2, 0.25) is 0 Å². The molecule has 1 heterocycles. The third kappa shape index (κ3) is 7.68. The Kier molecular flexibility index (Phi) is 8.96. The van der Waals surface area contributed by atoms with E-state index in [1.165, 1.54) is 0 Å².